The molecule has 2 unspecified atom stereocenters. The van der Waals surface area contributed by atoms with E-state index < -0.39 is 26.5 Å². The summed E-state index contributed by atoms with van der Waals surface area (Å²) >= 11 is 0. The van der Waals surface area contributed by atoms with Crippen molar-refractivity contribution in [3.05, 3.63) is 0 Å². The standard InChI is InChI=1S/C60H120NO8P/c1-6-8-10-12-14-16-18-20-22-24-26-27-28-29-30-31-32-33-34-35-37-39-41-43-45-47-49-51-53-60(63)69-58(57-68-70(64,65)67-55-54-61(3,4)5)56-66-59(62)52-50-48-46-44-42-40-38-36-25-23-21-19-17-15-13-11-9-7-2/h58H,6-57H2,1-5H3/p+1. The Balaban J connectivity index is 4.03. The molecule has 0 bridgehead atoms. The van der Waals surface area contributed by atoms with Crippen molar-refractivity contribution < 1.29 is 42.1 Å². The van der Waals surface area contributed by atoms with Crippen LogP contribution in [0.15, 0.2) is 0 Å². The molecule has 70 heavy (non-hydrogen) atoms. The van der Waals surface area contributed by atoms with Gasteiger partial charge in [0.05, 0.1) is 27.7 Å². The second kappa shape index (κ2) is 52.9. The summed E-state index contributed by atoms with van der Waals surface area (Å²) in [5.74, 6) is -0.772. The van der Waals surface area contributed by atoms with Crippen molar-refractivity contribution in [2.75, 3.05) is 47.5 Å². The van der Waals surface area contributed by atoms with E-state index in [-0.39, 0.29) is 25.6 Å². The van der Waals surface area contributed by atoms with E-state index in [1.807, 2.05) is 21.1 Å². The van der Waals surface area contributed by atoms with Gasteiger partial charge in [-0.25, -0.2) is 4.57 Å². The predicted molar refractivity (Wildman–Crippen MR) is 298 cm³/mol. The van der Waals surface area contributed by atoms with Crippen LogP contribution >= 0.6 is 7.82 Å². The summed E-state index contributed by atoms with van der Waals surface area (Å²) in [6.45, 7) is 4.51. The van der Waals surface area contributed by atoms with Crippen molar-refractivity contribution in [1.29, 1.82) is 0 Å². The number of phosphoric ester groups is 1. The number of hydrogen-bond acceptors (Lipinski definition) is 7. The Kier molecular flexibility index (Phi) is 52.1. The summed E-state index contributed by atoms with van der Waals surface area (Å²) in [6.07, 6.45) is 60.4. The lowest BCUT2D eigenvalue weighted by Gasteiger charge is -2.24. The largest absolute Gasteiger partial charge is 0.472 e. The van der Waals surface area contributed by atoms with E-state index in [0.29, 0.717) is 17.4 Å². The number of phosphoric acid groups is 1. The lowest BCUT2D eigenvalue weighted by atomic mass is 10.0. The molecule has 0 aliphatic carbocycles. The Hall–Kier alpha value is -0.990. The lowest BCUT2D eigenvalue weighted by molar-refractivity contribution is -0.870. The molecule has 0 saturated carbocycles. The van der Waals surface area contributed by atoms with Crippen molar-refractivity contribution in [1.82, 2.24) is 0 Å². The monoisotopic (exact) mass is 1010 g/mol. The van der Waals surface area contributed by atoms with Gasteiger partial charge in [-0.05, 0) is 12.8 Å². The number of nitrogens with zero attached hydrogens (tertiary/aromatic N) is 1. The molecule has 10 heteroatoms. The van der Waals surface area contributed by atoms with Crippen molar-refractivity contribution in [3.63, 3.8) is 0 Å². The third-order valence-corrected chi connectivity index (χ3v) is 15.1. The number of rotatable bonds is 58. The van der Waals surface area contributed by atoms with Gasteiger partial charge in [0.15, 0.2) is 6.10 Å². The van der Waals surface area contributed by atoms with Crippen LogP contribution in [0.5, 0.6) is 0 Å². The van der Waals surface area contributed by atoms with Gasteiger partial charge in [0, 0.05) is 12.8 Å². The number of ether oxygens (including phenoxy) is 2. The number of carbonyl (C=O) groups is 2. The summed E-state index contributed by atoms with van der Waals surface area (Å²) in [7, 11) is 1.50. The van der Waals surface area contributed by atoms with Gasteiger partial charge >= 0.3 is 19.8 Å². The Bertz CT molecular complexity index is 1150. The third kappa shape index (κ3) is 56.3. The van der Waals surface area contributed by atoms with Gasteiger partial charge in [-0.15, -0.1) is 0 Å². The predicted octanol–water partition coefficient (Wildman–Crippen LogP) is 19.0. The first-order valence-corrected chi connectivity index (χ1v) is 32.3. The number of carbonyl (C=O) groups excluding carboxylic acids is 2. The van der Waals surface area contributed by atoms with Crippen molar-refractivity contribution in [2.45, 2.75) is 328 Å². The normalized spacial score (nSPS) is 13.2. The van der Waals surface area contributed by atoms with Crippen LogP contribution in [0, 0.1) is 0 Å². The molecule has 0 spiro atoms. The summed E-state index contributed by atoms with van der Waals surface area (Å²) in [4.78, 5) is 35.7. The highest BCUT2D eigenvalue weighted by Crippen LogP contribution is 2.43. The number of esters is 2. The number of quaternary nitrogens is 1. The van der Waals surface area contributed by atoms with Gasteiger partial charge in [0.2, 0.25) is 0 Å². The molecular weight excluding hydrogens is 894 g/mol. The average molecular weight is 1020 g/mol. The zero-order valence-corrected chi connectivity index (χ0v) is 48.4. The highest BCUT2D eigenvalue weighted by atomic mass is 31.2. The quantitative estimate of drug-likeness (QED) is 0.0278. The number of hydrogen-bond donors (Lipinski definition) is 1. The molecule has 9 nitrogen and oxygen atoms in total. The summed E-state index contributed by atoms with van der Waals surface area (Å²) < 4.78 is 34.6. The fourth-order valence-corrected chi connectivity index (χ4v) is 10.1. The minimum atomic E-state index is -4.38. The fraction of sp³-hybridized carbons (Fsp3) is 0.967. The maximum atomic E-state index is 12.8. The number of likely N-dealkylation sites (N-methyl/N-ethyl adjacent to an activating group) is 1. The molecule has 0 aromatic carbocycles. The summed E-state index contributed by atoms with van der Waals surface area (Å²) in [5.41, 5.74) is 0. The first-order chi connectivity index (χ1) is 34.0. The van der Waals surface area contributed by atoms with E-state index >= 15 is 0 Å². The maximum absolute atomic E-state index is 12.8. The van der Waals surface area contributed by atoms with Gasteiger partial charge in [-0.1, -0.05) is 296 Å². The van der Waals surface area contributed by atoms with E-state index in [1.165, 1.54) is 257 Å². The van der Waals surface area contributed by atoms with E-state index in [9.17, 15) is 19.0 Å². The van der Waals surface area contributed by atoms with Gasteiger partial charge in [-0.3, -0.25) is 18.6 Å². The van der Waals surface area contributed by atoms with E-state index in [2.05, 4.69) is 13.8 Å². The van der Waals surface area contributed by atoms with Crippen LogP contribution < -0.4 is 0 Å². The van der Waals surface area contributed by atoms with Crippen LogP contribution in [0.3, 0.4) is 0 Å². The molecule has 0 aliphatic heterocycles. The molecule has 0 aromatic rings. The van der Waals surface area contributed by atoms with E-state index in [0.717, 1.165) is 38.5 Å². The minimum Gasteiger partial charge on any atom is -0.462 e. The molecule has 0 aromatic heterocycles. The Morgan fingerprint density at radius 3 is 0.914 bits per heavy atom. The zero-order chi connectivity index (χ0) is 51.3. The second-order valence-corrected chi connectivity index (χ2v) is 23.9. The van der Waals surface area contributed by atoms with Crippen LogP contribution in [0.2, 0.25) is 0 Å². The second-order valence-electron chi connectivity index (χ2n) is 22.5. The van der Waals surface area contributed by atoms with Crippen molar-refractivity contribution >= 4 is 19.8 Å². The zero-order valence-electron chi connectivity index (χ0n) is 47.5. The molecular formula is C60H121NO8P+. The highest BCUT2D eigenvalue weighted by molar-refractivity contribution is 7.47. The number of unbranched alkanes of at least 4 members (excludes halogenated alkanes) is 44. The van der Waals surface area contributed by atoms with E-state index in [4.69, 9.17) is 18.5 Å². The van der Waals surface area contributed by atoms with Crippen LogP contribution in [-0.4, -0.2) is 74.9 Å². The van der Waals surface area contributed by atoms with Crippen LogP contribution in [0.1, 0.15) is 322 Å². The summed E-state index contributed by atoms with van der Waals surface area (Å²) in [5, 5.41) is 0. The van der Waals surface area contributed by atoms with Crippen molar-refractivity contribution in [2.24, 2.45) is 0 Å². The Morgan fingerprint density at radius 2 is 0.643 bits per heavy atom. The molecule has 0 amide bonds. The molecule has 2 atom stereocenters. The van der Waals surface area contributed by atoms with Gasteiger partial charge < -0.3 is 18.9 Å². The van der Waals surface area contributed by atoms with E-state index in [1.54, 1.807) is 0 Å². The summed E-state index contributed by atoms with van der Waals surface area (Å²) in [6, 6.07) is 0. The topological polar surface area (TPSA) is 108 Å². The fourth-order valence-electron chi connectivity index (χ4n) is 9.37. The molecule has 0 fully saturated rings. The van der Waals surface area contributed by atoms with Gasteiger partial charge in [0.25, 0.3) is 0 Å². The molecule has 0 rings (SSSR count). The smallest absolute Gasteiger partial charge is 0.462 e. The molecule has 418 valence electrons. The van der Waals surface area contributed by atoms with Crippen LogP contribution in [0.25, 0.3) is 0 Å². The Morgan fingerprint density at radius 1 is 0.386 bits per heavy atom. The Labute approximate surface area is 435 Å². The first kappa shape index (κ1) is 69.0. The highest BCUT2D eigenvalue weighted by Gasteiger charge is 2.27. The van der Waals surface area contributed by atoms with Crippen LogP contribution in [0.4, 0.5) is 0 Å². The molecule has 0 heterocycles. The van der Waals surface area contributed by atoms with Crippen LogP contribution in [-0.2, 0) is 32.7 Å². The minimum absolute atomic E-state index is 0.0375. The lowest BCUT2D eigenvalue weighted by Crippen LogP contribution is -2.37. The molecule has 0 aliphatic rings. The SMILES string of the molecule is CCCCCCCCCCCCCCCCCCCCCCCCCCCCCCC(=O)OC(COC(=O)CCCCCCCCCCCCCCCCCCCC)COP(=O)(O)OCC[N+](C)(C)C. The molecule has 1 N–H and O–H groups in total. The third-order valence-electron chi connectivity index (χ3n) is 14.1. The van der Waals surface area contributed by atoms with Crippen molar-refractivity contribution in [3.8, 4) is 0 Å². The molecule has 0 saturated heterocycles. The maximum Gasteiger partial charge on any atom is 0.472 e. The average Bonchev–Trinajstić information content (AvgIpc) is 3.32. The molecule has 0 radical (unpaired) electrons. The van der Waals surface area contributed by atoms with Gasteiger partial charge in [0.1, 0.15) is 19.8 Å². The first-order valence-electron chi connectivity index (χ1n) is 30.8. The van der Waals surface area contributed by atoms with Gasteiger partial charge in [-0.2, -0.15) is 0 Å².